The Morgan fingerprint density at radius 3 is 2.05 bits per heavy atom. The van der Waals surface area contributed by atoms with Crippen molar-refractivity contribution in [3.63, 3.8) is 0 Å². The van der Waals surface area contributed by atoms with Gasteiger partial charge in [-0.3, -0.25) is 4.79 Å². The highest BCUT2D eigenvalue weighted by molar-refractivity contribution is 6.74. The van der Waals surface area contributed by atoms with Crippen molar-refractivity contribution in [1.29, 1.82) is 0 Å². The predicted octanol–water partition coefficient (Wildman–Crippen LogP) is 9.60. The number of carboxylic acid groups (broad SMARTS) is 1. The zero-order valence-electron chi connectivity index (χ0n) is 28.0. The first-order valence-corrected chi connectivity index (χ1v) is 21.9. The number of rotatable bonds is 6. The van der Waals surface area contributed by atoms with E-state index in [1.54, 1.807) is 5.57 Å². The molecule has 4 nitrogen and oxygen atoms in total. The molecule has 3 saturated carbocycles. The number of aliphatic carboxylic acids is 1. The van der Waals surface area contributed by atoms with Gasteiger partial charge in [0.15, 0.2) is 16.6 Å². The molecule has 0 aromatic carbocycles. The molecule has 0 spiro atoms. The lowest BCUT2D eigenvalue weighted by Gasteiger charge is -2.59. The zero-order valence-corrected chi connectivity index (χ0v) is 30.0. The summed E-state index contributed by atoms with van der Waals surface area (Å²) in [6.45, 7) is 30.5. The van der Waals surface area contributed by atoms with Crippen LogP contribution >= 0.6 is 0 Å². The van der Waals surface area contributed by atoms with E-state index < -0.39 is 22.6 Å². The molecule has 0 saturated heterocycles. The van der Waals surface area contributed by atoms with E-state index in [1.807, 2.05) is 6.92 Å². The van der Waals surface area contributed by atoms with E-state index in [1.165, 1.54) is 5.57 Å². The molecule has 0 radical (unpaired) electrons. The Morgan fingerprint density at radius 1 is 0.925 bits per heavy atom. The molecule has 4 aliphatic carbocycles. The van der Waals surface area contributed by atoms with Crippen LogP contribution in [0.1, 0.15) is 101 Å². The smallest absolute Gasteiger partial charge is 0.306 e. The standard InChI is InChI=1S/C34H60O4Si2/c1-22(30(35)36)26-16-17-27-25-15-14-23-20-24(37-39(10,11)31(2,3)4)21-29(38-40(12,13)32(5,6)7)34(23,9)28(25)18-19-33(26,27)8/h14-15,22,24,26-29H,16-21H2,1-13H3,(H,35,36)/t22?,24?,26-,27+,28+,29?,33-,34+/m1/s1. The van der Waals surface area contributed by atoms with Gasteiger partial charge in [0.1, 0.15) is 0 Å². The van der Waals surface area contributed by atoms with Gasteiger partial charge in [-0.15, -0.1) is 0 Å². The number of fused-ring (bicyclic) bond motifs is 5. The number of carbonyl (C=O) groups is 1. The maximum absolute atomic E-state index is 12.0. The first-order chi connectivity index (χ1) is 18.1. The van der Waals surface area contributed by atoms with Crippen LogP contribution in [-0.2, 0) is 13.6 Å². The maximum atomic E-state index is 12.0. The van der Waals surface area contributed by atoms with Gasteiger partial charge >= 0.3 is 5.97 Å². The lowest BCUT2D eigenvalue weighted by Crippen LogP contribution is -2.58. The Morgan fingerprint density at radius 2 is 1.50 bits per heavy atom. The Bertz CT molecular complexity index is 1060. The topological polar surface area (TPSA) is 55.8 Å². The molecule has 0 bridgehead atoms. The molecule has 1 N–H and O–H groups in total. The molecule has 0 aromatic heterocycles. The first-order valence-electron chi connectivity index (χ1n) is 16.1. The van der Waals surface area contributed by atoms with Gasteiger partial charge in [-0.1, -0.05) is 85.6 Å². The Balaban J connectivity index is 1.74. The molecular formula is C34H60O4Si2. The third kappa shape index (κ3) is 5.19. The van der Waals surface area contributed by atoms with Crippen LogP contribution in [0, 0.1) is 34.5 Å². The monoisotopic (exact) mass is 588 g/mol. The SMILES string of the molecule is CC(C(=O)O)[C@H]1CC[C@H]2C3=CC=C4CC(O[Si](C)(C)C(C)(C)C)CC(O[Si](C)(C)C(C)(C)C)[C@]4(C)[C@H]3CC[C@]12C. The molecule has 6 heteroatoms. The molecule has 0 heterocycles. The van der Waals surface area contributed by atoms with E-state index in [-0.39, 0.29) is 45.0 Å². The van der Waals surface area contributed by atoms with Crippen LogP contribution in [0.3, 0.4) is 0 Å². The van der Waals surface area contributed by atoms with Crippen molar-refractivity contribution in [2.45, 2.75) is 149 Å². The number of hydrogen-bond acceptors (Lipinski definition) is 3. The van der Waals surface area contributed by atoms with E-state index >= 15 is 0 Å². The van der Waals surface area contributed by atoms with Gasteiger partial charge < -0.3 is 14.0 Å². The van der Waals surface area contributed by atoms with Crippen molar-refractivity contribution in [3.8, 4) is 0 Å². The predicted molar refractivity (Wildman–Crippen MR) is 171 cm³/mol. The average Bonchev–Trinajstić information content (AvgIpc) is 3.14. The van der Waals surface area contributed by atoms with Crippen molar-refractivity contribution in [2.75, 3.05) is 0 Å². The summed E-state index contributed by atoms with van der Waals surface area (Å²) in [4.78, 5) is 12.0. The van der Waals surface area contributed by atoms with E-state index in [9.17, 15) is 9.90 Å². The molecule has 40 heavy (non-hydrogen) atoms. The van der Waals surface area contributed by atoms with Gasteiger partial charge in [0.25, 0.3) is 0 Å². The summed E-state index contributed by atoms with van der Waals surface area (Å²) in [6, 6.07) is 0. The number of hydrogen-bond donors (Lipinski definition) is 1. The fraction of sp³-hybridized carbons (Fsp3) is 0.853. The van der Waals surface area contributed by atoms with Crippen molar-refractivity contribution in [2.24, 2.45) is 34.5 Å². The summed E-state index contributed by atoms with van der Waals surface area (Å²) in [5.41, 5.74) is 3.15. The molecule has 0 aliphatic heterocycles. The molecule has 4 aliphatic rings. The second-order valence-corrected chi connectivity index (χ2v) is 26.9. The molecule has 4 rings (SSSR count). The van der Waals surface area contributed by atoms with Crippen molar-refractivity contribution < 1.29 is 18.8 Å². The van der Waals surface area contributed by atoms with Crippen LogP contribution in [0.25, 0.3) is 0 Å². The second kappa shape index (κ2) is 10.2. The third-order valence-electron chi connectivity index (χ3n) is 13.2. The van der Waals surface area contributed by atoms with Crippen LogP contribution in [-0.4, -0.2) is 39.9 Å². The molecule has 3 fully saturated rings. The first kappa shape index (κ1) is 32.2. The summed E-state index contributed by atoms with van der Waals surface area (Å²) >= 11 is 0. The summed E-state index contributed by atoms with van der Waals surface area (Å²) in [6.07, 6.45) is 11.6. The second-order valence-electron chi connectivity index (χ2n) is 17.4. The molecule has 0 amide bonds. The Labute approximate surface area is 248 Å². The summed E-state index contributed by atoms with van der Waals surface area (Å²) in [5, 5.41) is 10.2. The van der Waals surface area contributed by atoms with Crippen molar-refractivity contribution >= 4 is 22.6 Å². The molecule has 0 aromatic rings. The summed E-state index contributed by atoms with van der Waals surface area (Å²) in [7, 11) is -3.96. The average molecular weight is 589 g/mol. The molecule has 3 unspecified atom stereocenters. The van der Waals surface area contributed by atoms with Crippen LogP contribution in [0.15, 0.2) is 23.3 Å². The highest BCUT2D eigenvalue weighted by Crippen LogP contribution is 2.66. The van der Waals surface area contributed by atoms with Crippen molar-refractivity contribution in [3.05, 3.63) is 23.3 Å². The maximum Gasteiger partial charge on any atom is 0.306 e. The number of carboxylic acids is 1. The van der Waals surface area contributed by atoms with Gasteiger partial charge in [0.2, 0.25) is 0 Å². The van der Waals surface area contributed by atoms with Gasteiger partial charge in [-0.05, 0) is 98.0 Å². The minimum absolute atomic E-state index is 0.0370. The van der Waals surface area contributed by atoms with Crippen LogP contribution in [0.4, 0.5) is 0 Å². The van der Waals surface area contributed by atoms with Gasteiger partial charge in [-0.2, -0.15) is 0 Å². The normalized spacial score (nSPS) is 37.6. The largest absolute Gasteiger partial charge is 0.481 e. The third-order valence-corrected chi connectivity index (χ3v) is 22.2. The van der Waals surface area contributed by atoms with Gasteiger partial charge in [0, 0.05) is 5.41 Å². The Hall–Kier alpha value is -0.696. The highest BCUT2D eigenvalue weighted by Gasteiger charge is 2.61. The minimum atomic E-state index is -2.03. The highest BCUT2D eigenvalue weighted by atomic mass is 28.4. The fourth-order valence-corrected chi connectivity index (χ4v) is 11.2. The number of allylic oxidation sites excluding steroid dienone is 3. The molecule has 228 valence electrons. The molecular weight excluding hydrogens is 529 g/mol. The van der Waals surface area contributed by atoms with Gasteiger partial charge in [0.05, 0.1) is 18.1 Å². The van der Waals surface area contributed by atoms with Crippen LogP contribution in [0.5, 0.6) is 0 Å². The Kier molecular flexibility index (Phi) is 8.21. The van der Waals surface area contributed by atoms with Gasteiger partial charge in [-0.25, -0.2) is 0 Å². The lowest BCUT2D eigenvalue weighted by molar-refractivity contribution is -0.145. The zero-order chi connectivity index (χ0) is 30.3. The fourth-order valence-electron chi connectivity index (χ4n) is 8.43. The summed E-state index contributed by atoms with van der Waals surface area (Å²) in [5.74, 6) is 0.275. The lowest BCUT2D eigenvalue weighted by atomic mass is 9.49. The van der Waals surface area contributed by atoms with E-state index in [2.05, 4.69) is 93.7 Å². The van der Waals surface area contributed by atoms with E-state index in [0.29, 0.717) is 11.8 Å². The van der Waals surface area contributed by atoms with Crippen molar-refractivity contribution in [1.82, 2.24) is 0 Å². The van der Waals surface area contributed by atoms with E-state index in [4.69, 9.17) is 8.85 Å². The van der Waals surface area contributed by atoms with E-state index in [0.717, 1.165) is 38.5 Å². The van der Waals surface area contributed by atoms with Crippen LogP contribution in [0.2, 0.25) is 36.3 Å². The summed E-state index contributed by atoms with van der Waals surface area (Å²) < 4.78 is 14.6. The quantitative estimate of drug-likeness (QED) is 0.314. The molecule has 8 atom stereocenters. The minimum Gasteiger partial charge on any atom is -0.481 e. The van der Waals surface area contributed by atoms with Crippen LogP contribution < -0.4 is 0 Å².